The molecule has 3 aromatic rings. The monoisotopic (exact) mass is 527 g/mol. The molecule has 0 heterocycles. The van der Waals surface area contributed by atoms with Crippen molar-refractivity contribution in [1.82, 2.24) is 5.32 Å². The molecule has 1 N–H and O–H groups in total. The lowest BCUT2D eigenvalue weighted by Crippen LogP contribution is -2.30. The maximum atomic E-state index is 12.6. The highest BCUT2D eigenvalue weighted by molar-refractivity contribution is 7.92. The summed E-state index contributed by atoms with van der Waals surface area (Å²) in [6.07, 6.45) is 1.01. The molecule has 0 fully saturated rings. The van der Waals surface area contributed by atoms with Crippen molar-refractivity contribution < 1.29 is 27.6 Å². The van der Waals surface area contributed by atoms with E-state index in [1.54, 1.807) is 24.3 Å². The van der Waals surface area contributed by atoms with E-state index in [1.807, 2.05) is 32.0 Å². The Hall–Kier alpha value is -4.12. The fourth-order valence-corrected chi connectivity index (χ4v) is 4.57. The Balaban J connectivity index is 1.67. The lowest BCUT2D eigenvalue weighted by molar-refractivity contribution is -0.384. The van der Waals surface area contributed by atoms with Crippen molar-refractivity contribution in [3.63, 3.8) is 0 Å². The molecule has 1 amide bonds. The Morgan fingerprint density at radius 2 is 1.70 bits per heavy atom. The molecule has 0 aliphatic heterocycles. The molecule has 0 aliphatic rings. The Labute approximate surface area is 216 Å². The number of benzene rings is 3. The number of rotatable bonds is 11. The van der Waals surface area contributed by atoms with Crippen LogP contribution in [0.2, 0.25) is 0 Å². The third-order valence-electron chi connectivity index (χ3n) is 5.56. The van der Waals surface area contributed by atoms with Gasteiger partial charge in [0.2, 0.25) is 10.0 Å². The number of nitrogens with one attached hydrogen (secondary N) is 1. The van der Waals surface area contributed by atoms with Crippen molar-refractivity contribution in [1.29, 1.82) is 0 Å². The van der Waals surface area contributed by atoms with Crippen LogP contribution in [0.4, 0.5) is 11.4 Å². The van der Waals surface area contributed by atoms with Gasteiger partial charge < -0.3 is 14.8 Å². The first-order chi connectivity index (χ1) is 17.5. The average Bonchev–Trinajstić information content (AvgIpc) is 2.85. The summed E-state index contributed by atoms with van der Waals surface area (Å²) in [6, 6.07) is 16.0. The van der Waals surface area contributed by atoms with Crippen LogP contribution in [-0.2, 0) is 16.6 Å². The maximum Gasteiger partial charge on any atom is 0.271 e. The van der Waals surface area contributed by atoms with Crippen molar-refractivity contribution in [3.8, 4) is 11.5 Å². The van der Waals surface area contributed by atoms with Crippen LogP contribution in [0.25, 0.3) is 0 Å². The topological polar surface area (TPSA) is 128 Å². The second-order valence-electron chi connectivity index (χ2n) is 8.45. The highest BCUT2D eigenvalue weighted by Gasteiger charge is 2.24. The van der Waals surface area contributed by atoms with E-state index in [1.165, 1.54) is 19.2 Å². The second-order valence-corrected chi connectivity index (χ2v) is 10.4. The van der Waals surface area contributed by atoms with E-state index in [2.05, 4.69) is 5.32 Å². The van der Waals surface area contributed by atoms with Crippen LogP contribution in [0, 0.1) is 24.0 Å². The van der Waals surface area contributed by atoms with Crippen LogP contribution in [0.3, 0.4) is 0 Å². The Morgan fingerprint density at radius 3 is 2.30 bits per heavy atom. The largest absolute Gasteiger partial charge is 0.495 e. The number of carbonyl (C=O) groups is 1. The van der Waals surface area contributed by atoms with Gasteiger partial charge in [0, 0.05) is 17.7 Å². The minimum absolute atomic E-state index is 0.0461. The van der Waals surface area contributed by atoms with Crippen LogP contribution in [0.5, 0.6) is 11.5 Å². The summed E-state index contributed by atoms with van der Waals surface area (Å²) in [5.41, 5.74) is 2.92. The normalized spacial score (nSPS) is 11.0. The number of nitrogens with zero attached hydrogens (tertiary/aromatic N) is 2. The van der Waals surface area contributed by atoms with Gasteiger partial charge in [0.25, 0.3) is 11.6 Å². The summed E-state index contributed by atoms with van der Waals surface area (Å²) in [7, 11) is -2.47. The van der Waals surface area contributed by atoms with Gasteiger partial charge in [-0.15, -0.1) is 0 Å². The third-order valence-corrected chi connectivity index (χ3v) is 6.69. The van der Waals surface area contributed by atoms with Crippen LogP contribution in [0.15, 0.2) is 60.7 Å². The van der Waals surface area contributed by atoms with E-state index in [4.69, 9.17) is 9.47 Å². The van der Waals surface area contributed by atoms with Crippen LogP contribution in [0.1, 0.15) is 27.0 Å². The lowest BCUT2D eigenvalue weighted by atomic mass is 10.1. The van der Waals surface area contributed by atoms with E-state index in [0.717, 1.165) is 33.5 Å². The smallest absolute Gasteiger partial charge is 0.271 e. The molecule has 0 saturated heterocycles. The number of hydrogen-bond acceptors (Lipinski definition) is 7. The number of non-ortho nitro benzene ring substituents is 1. The molecule has 0 spiro atoms. The maximum absolute atomic E-state index is 12.6. The number of carbonyl (C=O) groups excluding carboxylic acids is 1. The number of sulfonamides is 1. The number of hydrogen-bond donors (Lipinski definition) is 1. The standard InChI is InChI=1S/C26H29N3O7S/c1-18-5-11-24(19(2)15-18)36-14-13-27-26(30)21-8-6-20(7-9-21)17-28(37(4,33)34)23-16-22(29(31)32)10-12-25(23)35-3/h5-12,15-16H,13-14,17H2,1-4H3,(H,27,30). The van der Waals surface area contributed by atoms with E-state index in [9.17, 15) is 23.3 Å². The van der Waals surface area contributed by atoms with E-state index >= 15 is 0 Å². The van der Waals surface area contributed by atoms with Crippen molar-refractivity contribution >= 4 is 27.3 Å². The predicted octanol–water partition coefficient (Wildman–Crippen LogP) is 4.00. The van der Waals surface area contributed by atoms with Gasteiger partial charge in [-0.1, -0.05) is 29.8 Å². The number of methoxy groups -OCH3 is 1. The molecule has 0 unspecified atom stereocenters. The summed E-state index contributed by atoms with van der Waals surface area (Å²) in [5.74, 6) is 0.645. The van der Waals surface area contributed by atoms with Gasteiger partial charge >= 0.3 is 0 Å². The molecule has 3 aromatic carbocycles. The van der Waals surface area contributed by atoms with Gasteiger partial charge in [0.1, 0.15) is 23.8 Å². The first-order valence-electron chi connectivity index (χ1n) is 11.4. The van der Waals surface area contributed by atoms with Crippen molar-refractivity contribution in [3.05, 3.63) is 93.0 Å². The number of ether oxygens (including phenoxy) is 2. The van der Waals surface area contributed by atoms with Gasteiger partial charge in [-0.2, -0.15) is 0 Å². The van der Waals surface area contributed by atoms with Gasteiger partial charge in [0.15, 0.2) is 0 Å². The number of anilines is 1. The average molecular weight is 528 g/mol. The minimum atomic E-state index is -3.82. The molecule has 10 nitrogen and oxygen atoms in total. The summed E-state index contributed by atoms with van der Waals surface area (Å²) in [4.78, 5) is 23.1. The minimum Gasteiger partial charge on any atom is -0.495 e. The summed E-state index contributed by atoms with van der Waals surface area (Å²) in [6.45, 7) is 4.47. The first kappa shape index (κ1) is 27.5. The third kappa shape index (κ3) is 7.20. The Bertz CT molecular complexity index is 1390. The fraction of sp³-hybridized carbons (Fsp3) is 0.269. The molecule has 0 atom stereocenters. The van der Waals surface area contributed by atoms with Crippen molar-refractivity contribution in [2.75, 3.05) is 30.8 Å². The molecule has 37 heavy (non-hydrogen) atoms. The van der Waals surface area contributed by atoms with Gasteiger partial charge in [-0.05, 0) is 49.2 Å². The quantitative estimate of drug-likeness (QED) is 0.227. The SMILES string of the molecule is COc1ccc([N+](=O)[O-])cc1N(Cc1ccc(C(=O)NCCOc2ccc(C)cc2C)cc1)S(C)(=O)=O. The van der Waals surface area contributed by atoms with E-state index in [-0.39, 0.29) is 29.6 Å². The molecule has 0 bridgehead atoms. The Kier molecular flexibility index (Phi) is 8.72. The number of amides is 1. The number of nitro benzene ring substituents is 1. The summed E-state index contributed by atoms with van der Waals surface area (Å²) in [5, 5.41) is 14.0. The fourth-order valence-electron chi connectivity index (χ4n) is 3.68. The molecule has 0 saturated carbocycles. The zero-order chi connectivity index (χ0) is 27.2. The number of nitro groups is 1. The van der Waals surface area contributed by atoms with Crippen LogP contribution in [-0.4, -0.2) is 45.8 Å². The summed E-state index contributed by atoms with van der Waals surface area (Å²) < 4.78 is 37.1. The molecule has 3 rings (SSSR count). The molecular formula is C26H29N3O7S. The molecule has 0 aromatic heterocycles. The zero-order valence-corrected chi connectivity index (χ0v) is 21.9. The van der Waals surface area contributed by atoms with Crippen LogP contribution < -0.4 is 19.1 Å². The predicted molar refractivity (Wildman–Crippen MR) is 141 cm³/mol. The highest BCUT2D eigenvalue weighted by Crippen LogP contribution is 2.34. The van der Waals surface area contributed by atoms with Gasteiger partial charge in [0.05, 0.1) is 31.4 Å². The zero-order valence-electron chi connectivity index (χ0n) is 21.1. The number of aryl methyl sites for hydroxylation is 2. The molecule has 11 heteroatoms. The van der Waals surface area contributed by atoms with E-state index < -0.39 is 14.9 Å². The van der Waals surface area contributed by atoms with Crippen molar-refractivity contribution in [2.24, 2.45) is 0 Å². The Morgan fingerprint density at radius 1 is 1.03 bits per heavy atom. The van der Waals surface area contributed by atoms with Crippen LogP contribution >= 0.6 is 0 Å². The molecule has 0 radical (unpaired) electrons. The molecule has 196 valence electrons. The summed E-state index contributed by atoms with van der Waals surface area (Å²) >= 11 is 0. The van der Waals surface area contributed by atoms with Crippen molar-refractivity contribution in [2.45, 2.75) is 20.4 Å². The molecular weight excluding hydrogens is 498 g/mol. The molecule has 0 aliphatic carbocycles. The first-order valence-corrected chi connectivity index (χ1v) is 13.2. The second kappa shape index (κ2) is 11.7. The van der Waals surface area contributed by atoms with E-state index in [0.29, 0.717) is 24.3 Å². The van der Waals surface area contributed by atoms with Gasteiger partial charge in [-0.25, -0.2) is 8.42 Å². The highest BCUT2D eigenvalue weighted by atomic mass is 32.2. The van der Waals surface area contributed by atoms with Gasteiger partial charge in [-0.3, -0.25) is 19.2 Å². The lowest BCUT2D eigenvalue weighted by Gasteiger charge is -2.24.